The van der Waals surface area contributed by atoms with Crippen LogP contribution in [0.5, 0.6) is 0 Å². The van der Waals surface area contributed by atoms with Gasteiger partial charge in [-0.05, 0) is 38.1 Å². The van der Waals surface area contributed by atoms with Gasteiger partial charge in [0, 0.05) is 30.1 Å². The molecule has 1 aromatic carbocycles. The van der Waals surface area contributed by atoms with E-state index >= 15 is 0 Å². The molecule has 0 spiro atoms. The van der Waals surface area contributed by atoms with E-state index in [1.165, 1.54) is 0 Å². The zero-order valence-electron chi connectivity index (χ0n) is 12.7. The number of carbonyl (C=O) groups excluding carboxylic acids is 1. The zero-order chi connectivity index (χ0) is 15.7. The molecule has 1 N–H and O–H groups in total. The van der Waals surface area contributed by atoms with Crippen molar-refractivity contribution >= 4 is 21.8 Å². The quantitative estimate of drug-likeness (QED) is 0.892. The smallest absolute Gasteiger partial charge is 0.257 e. The summed E-state index contributed by atoms with van der Waals surface area (Å²) in [6, 6.07) is 8.22. The van der Waals surface area contributed by atoms with Gasteiger partial charge in [0.2, 0.25) is 0 Å². The van der Waals surface area contributed by atoms with Gasteiger partial charge in [0.25, 0.3) is 5.91 Å². The number of hydrogen-bond donors (Lipinski definition) is 1. The van der Waals surface area contributed by atoms with Crippen LogP contribution in [0.3, 0.4) is 0 Å². The minimum absolute atomic E-state index is 0.0641. The summed E-state index contributed by atoms with van der Waals surface area (Å²) in [6.45, 7) is 6.35. The fraction of sp³-hybridized carbons (Fsp3) is 0.375. The number of benzene rings is 1. The fourth-order valence-corrected chi connectivity index (χ4v) is 3.01. The summed E-state index contributed by atoms with van der Waals surface area (Å²) >= 11 is 3.43. The van der Waals surface area contributed by atoms with Crippen LogP contribution < -0.4 is 5.32 Å². The fourth-order valence-electron chi connectivity index (χ4n) is 2.75. The summed E-state index contributed by atoms with van der Waals surface area (Å²) < 4.78 is 2.83. The Morgan fingerprint density at radius 3 is 2.77 bits per heavy atom. The first-order valence-electron chi connectivity index (χ1n) is 7.39. The lowest BCUT2D eigenvalue weighted by Gasteiger charge is -2.31. The molecule has 1 aliphatic heterocycles. The number of carbonyl (C=O) groups is 1. The molecule has 0 bridgehead atoms. The number of nitrogens with zero attached hydrogens (tertiary/aromatic N) is 3. The van der Waals surface area contributed by atoms with Crippen molar-refractivity contribution in [3.05, 3.63) is 46.2 Å². The van der Waals surface area contributed by atoms with Crippen molar-refractivity contribution in [1.29, 1.82) is 0 Å². The van der Waals surface area contributed by atoms with Crippen LogP contribution in [-0.2, 0) is 0 Å². The van der Waals surface area contributed by atoms with Gasteiger partial charge in [0.05, 0.1) is 23.1 Å². The van der Waals surface area contributed by atoms with Gasteiger partial charge in [0.1, 0.15) is 0 Å². The Hall–Kier alpha value is -1.66. The van der Waals surface area contributed by atoms with Crippen molar-refractivity contribution in [2.24, 2.45) is 0 Å². The Morgan fingerprint density at radius 2 is 2.09 bits per heavy atom. The van der Waals surface area contributed by atoms with Gasteiger partial charge in [-0.15, -0.1) is 0 Å². The van der Waals surface area contributed by atoms with Crippen molar-refractivity contribution in [2.45, 2.75) is 19.9 Å². The Kier molecular flexibility index (Phi) is 4.31. The molecule has 1 amide bonds. The number of halogens is 1. The highest BCUT2D eigenvalue weighted by Crippen LogP contribution is 2.18. The Morgan fingerprint density at radius 1 is 1.36 bits per heavy atom. The summed E-state index contributed by atoms with van der Waals surface area (Å²) in [5.74, 6) is 0.0641. The Balaban J connectivity index is 1.86. The zero-order valence-corrected chi connectivity index (χ0v) is 14.3. The second-order valence-corrected chi connectivity index (χ2v) is 6.55. The lowest BCUT2D eigenvalue weighted by atomic mass is 10.1. The first-order chi connectivity index (χ1) is 10.6. The Bertz CT molecular complexity index is 680. The average molecular weight is 363 g/mol. The molecule has 22 heavy (non-hydrogen) atoms. The van der Waals surface area contributed by atoms with Crippen LogP contribution in [0.4, 0.5) is 0 Å². The van der Waals surface area contributed by atoms with E-state index in [2.05, 4.69) is 33.3 Å². The van der Waals surface area contributed by atoms with E-state index in [0.717, 1.165) is 35.5 Å². The predicted molar refractivity (Wildman–Crippen MR) is 89.4 cm³/mol. The molecule has 6 heteroatoms. The van der Waals surface area contributed by atoms with Crippen LogP contribution in [0.15, 0.2) is 34.9 Å². The molecule has 0 unspecified atom stereocenters. The maximum absolute atomic E-state index is 12.7. The molecule has 0 aliphatic carbocycles. The molecule has 116 valence electrons. The molecule has 5 nitrogen and oxygen atoms in total. The molecule has 1 fully saturated rings. The number of rotatable bonds is 2. The number of amides is 1. The molecule has 1 aliphatic rings. The van der Waals surface area contributed by atoms with Gasteiger partial charge in [0.15, 0.2) is 0 Å². The molecular weight excluding hydrogens is 344 g/mol. The van der Waals surface area contributed by atoms with Gasteiger partial charge in [-0.3, -0.25) is 4.79 Å². The van der Waals surface area contributed by atoms with Crippen LogP contribution >= 0.6 is 15.9 Å². The molecule has 1 aromatic heterocycles. The molecule has 2 aromatic rings. The number of nitrogens with one attached hydrogen (secondary N) is 1. The van der Waals surface area contributed by atoms with E-state index in [4.69, 9.17) is 0 Å². The van der Waals surface area contributed by atoms with Crippen LogP contribution in [-0.4, -0.2) is 46.3 Å². The number of aromatic nitrogens is 2. The largest absolute Gasteiger partial charge is 0.336 e. The van der Waals surface area contributed by atoms with Gasteiger partial charge >= 0.3 is 0 Å². The minimum Gasteiger partial charge on any atom is -0.336 e. The lowest BCUT2D eigenvalue weighted by molar-refractivity contribution is 0.0708. The highest BCUT2D eigenvalue weighted by molar-refractivity contribution is 9.10. The third-order valence-electron chi connectivity index (χ3n) is 3.97. The molecule has 2 heterocycles. The van der Waals surface area contributed by atoms with E-state index in [-0.39, 0.29) is 5.91 Å². The van der Waals surface area contributed by atoms with Crippen molar-refractivity contribution in [1.82, 2.24) is 20.0 Å². The number of piperazine rings is 1. The van der Waals surface area contributed by atoms with Crippen molar-refractivity contribution < 1.29 is 4.79 Å². The topological polar surface area (TPSA) is 50.2 Å². The summed E-state index contributed by atoms with van der Waals surface area (Å²) in [4.78, 5) is 14.6. The molecule has 0 radical (unpaired) electrons. The lowest BCUT2D eigenvalue weighted by Crippen LogP contribution is -2.51. The van der Waals surface area contributed by atoms with Gasteiger partial charge in [-0.1, -0.05) is 15.9 Å². The van der Waals surface area contributed by atoms with Crippen LogP contribution in [0.25, 0.3) is 5.69 Å². The second-order valence-electron chi connectivity index (χ2n) is 5.64. The van der Waals surface area contributed by atoms with Crippen molar-refractivity contribution in [3.8, 4) is 5.69 Å². The van der Waals surface area contributed by atoms with Crippen LogP contribution in [0.1, 0.15) is 23.0 Å². The highest BCUT2D eigenvalue weighted by Gasteiger charge is 2.24. The summed E-state index contributed by atoms with van der Waals surface area (Å²) in [5.41, 5.74) is 2.50. The maximum Gasteiger partial charge on any atom is 0.257 e. The average Bonchev–Trinajstić information content (AvgIpc) is 2.89. The third-order valence-corrected chi connectivity index (χ3v) is 4.50. The van der Waals surface area contributed by atoms with Crippen molar-refractivity contribution in [2.75, 3.05) is 19.6 Å². The highest BCUT2D eigenvalue weighted by atomic mass is 79.9. The second kappa shape index (κ2) is 6.22. The third kappa shape index (κ3) is 2.94. The normalized spacial score (nSPS) is 18.5. The minimum atomic E-state index is 0.0641. The van der Waals surface area contributed by atoms with E-state index < -0.39 is 0 Å². The molecule has 3 rings (SSSR count). The summed E-state index contributed by atoms with van der Waals surface area (Å²) in [6.07, 6.45) is 1.67. The standard InChI is InChI=1S/C16H19BrN4O/c1-11-10-20(8-7-18-11)16(22)15-9-19-21(12(15)2)14-5-3-13(17)4-6-14/h3-6,9,11,18H,7-8,10H2,1-2H3/t11-/m1/s1. The van der Waals surface area contributed by atoms with Gasteiger partial charge in [-0.25, -0.2) is 4.68 Å². The monoisotopic (exact) mass is 362 g/mol. The number of hydrogen-bond acceptors (Lipinski definition) is 3. The van der Waals surface area contributed by atoms with Crippen molar-refractivity contribution in [3.63, 3.8) is 0 Å². The molecule has 1 atom stereocenters. The van der Waals surface area contributed by atoms with Gasteiger partial charge < -0.3 is 10.2 Å². The maximum atomic E-state index is 12.7. The molecule has 1 saturated heterocycles. The summed E-state index contributed by atoms with van der Waals surface area (Å²) in [5, 5.41) is 7.74. The Labute approximate surface area is 138 Å². The van der Waals surface area contributed by atoms with E-state index in [1.807, 2.05) is 40.8 Å². The van der Waals surface area contributed by atoms with Gasteiger partial charge in [-0.2, -0.15) is 5.10 Å². The molecular formula is C16H19BrN4O. The predicted octanol–water partition coefficient (Wildman–Crippen LogP) is 2.38. The van der Waals surface area contributed by atoms with Crippen LogP contribution in [0, 0.1) is 6.92 Å². The first kappa shape index (κ1) is 15.2. The summed E-state index contributed by atoms with van der Waals surface area (Å²) in [7, 11) is 0. The van der Waals surface area contributed by atoms with Crippen LogP contribution in [0.2, 0.25) is 0 Å². The van der Waals surface area contributed by atoms with E-state index in [9.17, 15) is 4.79 Å². The molecule has 0 saturated carbocycles. The van der Waals surface area contributed by atoms with E-state index in [0.29, 0.717) is 11.6 Å². The van der Waals surface area contributed by atoms with E-state index in [1.54, 1.807) is 6.20 Å². The first-order valence-corrected chi connectivity index (χ1v) is 8.19. The SMILES string of the molecule is Cc1c(C(=O)N2CCN[C@H](C)C2)cnn1-c1ccc(Br)cc1.